The molecule has 10 heteroatoms. The van der Waals surface area contributed by atoms with Crippen LogP contribution in [0.1, 0.15) is 61.1 Å². The number of nitrogens with zero attached hydrogens (tertiary/aromatic N) is 7. The highest BCUT2D eigenvalue weighted by molar-refractivity contribution is 8.18. The summed E-state index contributed by atoms with van der Waals surface area (Å²) in [7, 11) is 0. The quantitative estimate of drug-likeness (QED) is 0.442. The maximum Gasteiger partial charge on any atom is 0.286 e. The van der Waals surface area contributed by atoms with Crippen molar-refractivity contribution in [2.45, 2.75) is 44.2 Å². The van der Waals surface area contributed by atoms with Crippen LogP contribution in [-0.4, -0.2) is 67.3 Å². The molecule has 3 aromatic rings. The van der Waals surface area contributed by atoms with E-state index in [4.69, 9.17) is 0 Å². The fourth-order valence-corrected chi connectivity index (χ4v) is 6.50. The Bertz CT molecular complexity index is 1330. The van der Waals surface area contributed by atoms with Gasteiger partial charge in [0.15, 0.2) is 11.0 Å². The summed E-state index contributed by atoms with van der Waals surface area (Å²) in [6.07, 6.45) is 7.67. The number of halogens is 1. The first-order chi connectivity index (χ1) is 18.7. The number of aliphatic imine (C=N–C) groups is 1. The highest BCUT2D eigenvalue weighted by Crippen LogP contribution is 2.35. The standard InChI is InChI=1S/C28H30FN7OS/c29-22-13-11-21(12-14-22)25(26-31-32-33-36(26)23-9-5-2-6-10-23)34-15-17-35(18-16-34)28-30-27(37)24(38-28)19-20-7-3-1-4-8-20/h1,3-4,7-8,11-14,19,23,25H,2,5-6,9-10,15-18H2/b24-19-. The van der Waals surface area contributed by atoms with Gasteiger partial charge in [-0.1, -0.05) is 61.7 Å². The largest absolute Gasteiger partial charge is 0.348 e. The molecule has 0 spiro atoms. The zero-order chi connectivity index (χ0) is 25.9. The Kier molecular flexibility index (Phi) is 7.33. The van der Waals surface area contributed by atoms with E-state index < -0.39 is 0 Å². The smallest absolute Gasteiger partial charge is 0.286 e. The molecule has 0 bridgehead atoms. The van der Waals surface area contributed by atoms with Crippen molar-refractivity contribution in [3.63, 3.8) is 0 Å². The monoisotopic (exact) mass is 531 g/mol. The first-order valence-corrected chi connectivity index (χ1v) is 14.1. The molecular formula is C28H30FN7OS. The van der Waals surface area contributed by atoms with E-state index in [-0.39, 0.29) is 17.8 Å². The summed E-state index contributed by atoms with van der Waals surface area (Å²) >= 11 is 1.44. The number of hydrogen-bond donors (Lipinski definition) is 0. The van der Waals surface area contributed by atoms with Crippen molar-refractivity contribution in [2.75, 3.05) is 26.2 Å². The Morgan fingerprint density at radius 2 is 1.68 bits per heavy atom. The van der Waals surface area contributed by atoms with Crippen LogP contribution < -0.4 is 0 Å². The highest BCUT2D eigenvalue weighted by atomic mass is 32.2. The summed E-state index contributed by atoms with van der Waals surface area (Å²) < 4.78 is 15.8. The predicted molar refractivity (Wildman–Crippen MR) is 146 cm³/mol. The van der Waals surface area contributed by atoms with Gasteiger partial charge in [0.25, 0.3) is 5.91 Å². The lowest BCUT2D eigenvalue weighted by atomic mass is 9.95. The lowest BCUT2D eigenvalue weighted by Gasteiger charge is -2.39. The summed E-state index contributed by atoms with van der Waals surface area (Å²) in [6.45, 7) is 2.93. The third kappa shape index (κ3) is 5.28. The molecule has 2 aromatic carbocycles. The number of carbonyl (C=O) groups excluding carboxylic acids is 1. The van der Waals surface area contributed by atoms with Crippen molar-refractivity contribution in [3.8, 4) is 0 Å². The van der Waals surface area contributed by atoms with E-state index in [2.05, 4.69) is 30.3 Å². The van der Waals surface area contributed by atoms with Gasteiger partial charge in [0.05, 0.1) is 17.0 Å². The van der Waals surface area contributed by atoms with Gasteiger partial charge >= 0.3 is 0 Å². The molecule has 3 heterocycles. The number of amides is 1. The summed E-state index contributed by atoms with van der Waals surface area (Å²) in [5, 5.41) is 13.7. The lowest BCUT2D eigenvalue weighted by Crippen LogP contribution is -2.49. The molecule has 0 N–H and O–H groups in total. The molecule has 1 aliphatic carbocycles. The van der Waals surface area contributed by atoms with Gasteiger partial charge in [-0.25, -0.2) is 9.07 Å². The number of tetrazole rings is 1. The maximum absolute atomic E-state index is 13.8. The molecule has 1 atom stereocenters. The molecule has 3 aliphatic rings. The van der Waals surface area contributed by atoms with Gasteiger partial charge in [-0.2, -0.15) is 4.99 Å². The van der Waals surface area contributed by atoms with Gasteiger partial charge in [-0.15, -0.1) is 5.10 Å². The number of hydrogen-bond acceptors (Lipinski definition) is 7. The second-order valence-corrected chi connectivity index (χ2v) is 11.0. The van der Waals surface area contributed by atoms with Crippen LogP contribution in [0.15, 0.2) is 64.5 Å². The molecular weight excluding hydrogens is 501 g/mol. The minimum Gasteiger partial charge on any atom is -0.348 e. The molecule has 1 aromatic heterocycles. The first-order valence-electron chi connectivity index (χ1n) is 13.3. The third-order valence-corrected chi connectivity index (χ3v) is 8.57. The van der Waals surface area contributed by atoms with Crippen LogP contribution in [0.4, 0.5) is 4.39 Å². The minimum absolute atomic E-state index is 0.178. The van der Waals surface area contributed by atoms with E-state index in [1.54, 1.807) is 0 Å². The molecule has 1 unspecified atom stereocenters. The average molecular weight is 532 g/mol. The number of aromatic nitrogens is 4. The normalized spacial score (nSPS) is 21.2. The lowest BCUT2D eigenvalue weighted by molar-refractivity contribution is -0.113. The molecule has 1 saturated heterocycles. The Morgan fingerprint density at radius 3 is 2.42 bits per heavy atom. The van der Waals surface area contributed by atoms with Crippen molar-refractivity contribution in [3.05, 3.63) is 82.3 Å². The molecule has 8 nitrogen and oxygen atoms in total. The van der Waals surface area contributed by atoms with Crippen LogP contribution in [0.3, 0.4) is 0 Å². The van der Waals surface area contributed by atoms with Crippen LogP contribution in [0.25, 0.3) is 6.08 Å². The van der Waals surface area contributed by atoms with E-state index in [9.17, 15) is 9.18 Å². The first kappa shape index (κ1) is 24.9. The fourth-order valence-electron chi connectivity index (χ4n) is 5.54. The van der Waals surface area contributed by atoms with Crippen molar-refractivity contribution in [1.29, 1.82) is 0 Å². The van der Waals surface area contributed by atoms with Crippen LogP contribution in [0, 0.1) is 5.82 Å². The Balaban J connectivity index is 1.20. The zero-order valence-electron chi connectivity index (χ0n) is 21.1. The molecule has 1 amide bonds. The second kappa shape index (κ2) is 11.2. The Morgan fingerprint density at radius 1 is 0.947 bits per heavy atom. The van der Waals surface area contributed by atoms with E-state index in [0.717, 1.165) is 61.1 Å². The Hall–Kier alpha value is -3.37. The van der Waals surface area contributed by atoms with Gasteiger partial charge < -0.3 is 4.90 Å². The topological polar surface area (TPSA) is 79.5 Å². The molecule has 0 radical (unpaired) electrons. The van der Waals surface area contributed by atoms with E-state index in [0.29, 0.717) is 10.9 Å². The van der Waals surface area contributed by atoms with Crippen LogP contribution in [-0.2, 0) is 4.79 Å². The van der Waals surface area contributed by atoms with Crippen LogP contribution in [0.2, 0.25) is 0 Å². The molecule has 2 aliphatic heterocycles. The number of thioether (sulfide) groups is 1. The van der Waals surface area contributed by atoms with Crippen molar-refractivity contribution in [2.24, 2.45) is 4.99 Å². The number of benzene rings is 2. The summed E-state index contributed by atoms with van der Waals surface area (Å²) in [5.74, 6) is 0.365. The van der Waals surface area contributed by atoms with Crippen molar-refractivity contribution < 1.29 is 9.18 Å². The van der Waals surface area contributed by atoms with Gasteiger partial charge in [0, 0.05) is 26.2 Å². The third-order valence-electron chi connectivity index (χ3n) is 7.53. The Labute approximate surface area is 225 Å². The number of amidine groups is 1. The van der Waals surface area contributed by atoms with E-state index in [1.165, 1.54) is 43.2 Å². The maximum atomic E-state index is 13.8. The molecule has 196 valence electrons. The van der Waals surface area contributed by atoms with Crippen molar-refractivity contribution in [1.82, 2.24) is 30.0 Å². The van der Waals surface area contributed by atoms with Crippen LogP contribution in [0.5, 0.6) is 0 Å². The minimum atomic E-state index is -0.260. The molecule has 6 rings (SSSR count). The second-order valence-electron chi connectivity index (χ2n) is 9.97. The average Bonchev–Trinajstić information content (AvgIpc) is 3.58. The number of rotatable bonds is 5. The van der Waals surface area contributed by atoms with Gasteiger partial charge in [0.1, 0.15) is 5.82 Å². The van der Waals surface area contributed by atoms with Gasteiger partial charge in [0.2, 0.25) is 0 Å². The summed E-state index contributed by atoms with van der Waals surface area (Å²) in [4.78, 5) is 22.1. The fraction of sp³-hybridized carbons (Fsp3) is 0.393. The van der Waals surface area contributed by atoms with Gasteiger partial charge in [-0.05, 0) is 64.4 Å². The van der Waals surface area contributed by atoms with E-state index >= 15 is 0 Å². The SMILES string of the molecule is O=C1N=C(N2CCN(C(c3ccc(F)cc3)c3nnnn3C3CCCCC3)CC2)S/C1=C\c1ccccc1. The predicted octanol–water partition coefficient (Wildman–Crippen LogP) is 4.69. The molecule has 38 heavy (non-hydrogen) atoms. The summed E-state index contributed by atoms with van der Waals surface area (Å²) in [5.41, 5.74) is 1.96. The van der Waals surface area contributed by atoms with Crippen LogP contribution >= 0.6 is 11.8 Å². The number of piperazine rings is 1. The zero-order valence-corrected chi connectivity index (χ0v) is 21.9. The van der Waals surface area contributed by atoms with Gasteiger partial charge in [-0.3, -0.25) is 9.69 Å². The molecule has 1 saturated carbocycles. The van der Waals surface area contributed by atoms with Crippen molar-refractivity contribution >= 4 is 28.9 Å². The number of carbonyl (C=O) groups is 1. The highest BCUT2D eigenvalue weighted by Gasteiger charge is 2.35. The van der Waals surface area contributed by atoms with E-state index in [1.807, 2.05) is 53.2 Å². The molecule has 2 fully saturated rings. The summed E-state index contributed by atoms with van der Waals surface area (Å²) in [6, 6.07) is 16.6.